The van der Waals surface area contributed by atoms with Crippen LogP contribution in [0.5, 0.6) is 11.5 Å². The lowest BCUT2D eigenvalue weighted by atomic mass is 9.85. The van der Waals surface area contributed by atoms with E-state index in [9.17, 15) is 0 Å². The van der Waals surface area contributed by atoms with Crippen LogP contribution in [0.15, 0.2) is 61.2 Å². The molecule has 0 fully saturated rings. The monoisotopic (exact) mass is 470 g/mol. The summed E-state index contributed by atoms with van der Waals surface area (Å²) in [5, 5.41) is 0. The van der Waals surface area contributed by atoms with Gasteiger partial charge in [0, 0.05) is 5.41 Å². The van der Waals surface area contributed by atoms with Gasteiger partial charge in [0.2, 0.25) is 0 Å². The van der Waals surface area contributed by atoms with Crippen molar-refractivity contribution in [2.75, 3.05) is 6.61 Å². The Bertz CT molecular complexity index is 835. The van der Waals surface area contributed by atoms with Crippen LogP contribution in [0, 0.1) is 5.92 Å². The van der Waals surface area contributed by atoms with Gasteiger partial charge < -0.3 is 9.05 Å². The van der Waals surface area contributed by atoms with E-state index in [1.165, 1.54) is 30.4 Å². The van der Waals surface area contributed by atoms with E-state index in [1.54, 1.807) is 0 Å². The highest BCUT2D eigenvalue weighted by atomic mass is 31.2. The first kappa shape index (κ1) is 27.4. The van der Waals surface area contributed by atoms with Crippen molar-refractivity contribution in [1.29, 1.82) is 0 Å². The molecule has 0 radical (unpaired) electrons. The molecule has 2 aromatic carbocycles. The van der Waals surface area contributed by atoms with Gasteiger partial charge in [-0.25, -0.2) is 0 Å². The van der Waals surface area contributed by atoms with E-state index in [0.717, 1.165) is 17.9 Å². The SMILES string of the molecule is C=CC(C)(C)c1ccc(OP(OCC(CC)CCCC)Oc2ccc(C(C)(C)C)cc2)cc1. The molecule has 33 heavy (non-hydrogen) atoms. The summed E-state index contributed by atoms with van der Waals surface area (Å²) >= 11 is 0. The highest BCUT2D eigenvalue weighted by Crippen LogP contribution is 2.43. The summed E-state index contributed by atoms with van der Waals surface area (Å²) in [6.07, 6.45) is 6.64. The molecule has 0 saturated carbocycles. The first-order valence-corrected chi connectivity index (χ1v) is 13.3. The third kappa shape index (κ3) is 8.80. The molecule has 0 bridgehead atoms. The predicted molar refractivity (Wildman–Crippen MR) is 142 cm³/mol. The van der Waals surface area contributed by atoms with Crippen LogP contribution < -0.4 is 9.05 Å². The highest BCUT2D eigenvalue weighted by Gasteiger charge is 2.22. The minimum atomic E-state index is -1.57. The molecular weight excluding hydrogens is 427 g/mol. The number of rotatable bonds is 13. The van der Waals surface area contributed by atoms with Crippen LogP contribution in [0.2, 0.25) is 0 Å². The Morgan fingerprint density at radius 1 is 0.848 bits per heavy atom. The lowest BCUT2D eigenvalue weighted by molar-refractivity contribution is 0.208. The minimum absolute atomic E-state index is 0.0846. The third-order valence-electron chi connectivity index (χ3n) is 6.15. The summed E-state index contributed by atoms with van der Waals surface area (Å²) in [6, 6.07) is 16.4. The molecule has 0 aromatic heterocycles. The topological polar surface area (TPSA) is 27.7 Å². The predicted octanol–water partition coefficient (Wildman–Crippen LogP) is 9.37. The molecule has 3 nitrogen and oxygen atoms in total. The van der Waals surface area contributed by atoms with Crippen LogP contribution in [0.1, 0.15) is 85.3 Å². The number of hydrogen-bond donors (Lipinski definition) is 0. The quantitative estimate of drug-likeness (QED) is 0.215. The molecule has 0 heterocycles. The molecule has 0 aliphatic rings. The molecule has 0 amide bonds. The zero-order valence-electron chi connectivity index (χ0n) is 21.7. The molecule has 2 rings (SSSR count). The zero-order valence-corrected chi connectivity index (χ0v) is 22.6. The maximum atomic E-state index is 6.22. The molecule has 0 aliphatic heterocycles. The summed E-state index contributed by atoms with van der Waals surface area (Å²) in [6.45, 7) is 20.0. The second-order valence-electron chi connectivity index (χ2n) is 10.3. The van der Waals surface area contributed by atoms with Crippen LogP contribution in [0.25, 0.3) is 0 Å². The number of hydrogen-bond acceptors (Lipinski definition) is 3. The van der Waals surface area contributed by atoms with Crippen LogP contribution in [-0.4, -0.2) is 6.61 Å². The molecule has 0 aliphatic carbocycles. The molecule has 182 valence electrons. The van der Waals surface area contributed by atoms with Crippen molar-refractivity contribution in [2.24, 2.45) is 5.92 Å². The van der Waals surface area contributed by atoms with Gasteiger partial charge in [-0.15, -0.1) is 6.58 Å². The van der Waals surface area contributed by atoms with Gasteiger partial charge in [0.05, 0.1) is 6.61 Å². The van der Waals surface area contributed by atoms with Crippen molar-refractivity contribution in [1.82, 2.24) is 0 Å². The molecule has 2 aromatic rings. The third-order valence-corrected chi connectivity index (χ3v) is 7.23. The average Bonchev–Trinajstić information content (AvgIpc) is 2.79. The summed E-state index contributed by atoms with van der Waals surface area (Å²) in [7, 11) is -1.57. The molecule has 0 N–H and O–H groups in total. The van der Waals surface area contributed by atoms with E-state index in [2.05, 4.69) is 79.3 Å². The fraction of sp³-hybridized carbons (Fsp3) is 0.517. The van der Waals surface area contributed by atoms with Crippen molar-refractivity contribution in [3.05, 3.63) is 72.3 Å². The minimum Gasteiger partial charge on any atom is -0.418 e. The fourth-order valence-corrected chi connectivity index (χ4v) is 4.45. The van der Waals surface area contributed by atoms with E-state index in [1.807, 2.05) is 30.3 Å². The Morgan fingerprint density at radius 2 is 1.36 bits per heavy atom. The van der Waals surface area contributed by atoms with Gasteiger partial charge in [0.25, 0.3) is 0 Å². The maximum Gasteiger partial charge on any atom is 0.463 e. The Labute approximate surface area is 203 Å². The first-order valence-electron chi connectivity index (χ1n) is 12.2. The standard InChI is InChI=1S/C29H43O3P/c1-9-12-13-23(10-2)22-30-33(31-26-18-14-24(15-19-26)28(4,5)6)32-27-20-16-25(17-21-27)29(7,8)11-3/h11,14-21,23H,3,9-10,12-13,22H2,1-2,4-8H3. The van der Waals surface area contributed by atoms with E-state index in [4.69, 9.17) is 13.6 Å². The molecule has 4 heteroatoms. The Kier molecular flexibility index (Phi) is 10.5. The van der Waals surface area contributed by atoms with E-state index in [0.29, 0.717) is 12.5 Å². The second-order valence-corrected chi connectivity index (χ2v) is 11.4. The van der Waals surface area contributed by atoms with Crippen LogP contribution in [0.3, 0.4) is 0 Å². The summed E-state index contributed by atoms with van der Waals surface area (Å²) < 4.78 is 18.6. The number of allylic oxidation sites excluding steroid dienone is 1. The lowest BCUT2D eigenvalue weighted by Crippen LogP contribution is -2.12. The van der Waals surface area contributed by atoms with Gasteiger partial charge in [-0.3, -0.25) is 4.52 Å². The first-order chi connectivity index (χ1) is 15.6. The molecular formula is C29H43O3P. The van der Waals surface area contributed by atoms with Crippen molar-refractivity contribution in [3.63, 3.8) is 0 Å². The smallest absolute Gasteiger partial charge is 0.418 e. The van der Waals surface area contributed by atoms with Crippen molar-refractivity contribution < 1.29 is 13.6 Å². The van der Waals surface area contributed by atoms with Gasteiger partial charge in [0.15, 0.2) is 0 Å². The van der Waals surface area contributed by atoms with Gasteiger partial charge >= 0.3 is 8.60 Å². The highest BCUT2D eigenvalue weighted by molar-refractivity contribution is 7.42. The van der Waals surface area contributed by atoms with E-state index >= 15 is 0 Å². The van der Waals surface area contributed by atoms with E-state index < -0.39 is 8.60 Å². The Hall–Kier alpha value is -1.83. The fourth-order valence-electron chi connectivity index (χ4n) is 3.39. The summed E-state index contributed by atoms with van der Waals surface area (Å²) in [4.78, 5) is 0. The number of benzene rings is 2. The molecule has 0 saturated heterocycles. The van der Waals surface area contributed by atoms with Crippen molar-refractivity contribution >= 4 is 8.60 Å². The molecule has 0 spiro atoms. The van der Waals surface area contributed by atoms with Gasteiger partial charge in [0.1, 0.15) is 11.5 Å². The Morgan fingerprint density at radius 3 is 1.79 bits per heavy atom. The summed E-state index contributed by atoms with van der Waals surface area (Å²) in [5.74, 6) is 2.03. The van der Waals surface area contributed by atoms with Crippen molar-refractivity contribution in [2.45, 2.75) is 85.0 Å². The largest absolute Gasteiger partial charge is 0.463 e. The van der Waals surface area contributed by atoms with Gasteiger partial charge in [-0.2, -0.15) is 0 Å². The van der Waals surface area contributed by atoms with Crippen LogP contribution in [0.4, 0.5) is 0 Å². The molecule has 2 unspecified atom stereocenters. The van der Waals surface area contributed by atoms with Gasteiger partial charge in [-0.1, -0.05) is 98.1 Å². The van der Waals surface area contributed by atoms with Crippen molar-refractivity contribution in [3.8, 4) is 11.5 Å². The average molecular weight is 471 g/mol. The van der Waals surface area contributed by atoms with Crippen LogP contribution >= 0.6 is 8.60 Å². The maximum absolute atomic E-state index is 6.22. The van der Waals surface area contributed by atoms with Crippen LogP contribution in [-0.2, 0) is 15.4 Å². The normalized spacial score (nSPS) is 13.9. The zero-order chi connectivity index (χ0) is 24.5. The second kappa shape index (κ2) is 12.6. The lowest BCUT2D eigenvalue weighted by Gasteiger charge is -2.23. The van der Waals surface area contributed by atoms with Gasteiger partial charge in [-0.05, 0) is 53.1 Å². The summed E-state index contributed by atoms with van der Waals surface area (Å²) in [5.41, 5.74) is 2.48. The Balaban J connectivity index is 2.15. The number of unbranched alkanes of at least 4 members (excludes halogenated alkanes) is 1. The van der Waals surface area contributed by atoms with E-state index in [-0.39, 0.29) is 10.8 Å². The molecule has 2 atom stereocenters.